The Bertz CT molecular complexity index is 637. The van der Waals surface area contributed by atoms with Gasteiger partial charge in [0.2, 0.25) is 0 Å². The van der Waals surface area contributed by atoms with E-state index < -0.39 is 19.6 Å². The monoisotopic (exact) mass is 353 g/mol. The molecule has 2 fully saturated rings. The Hall–Kier alpha value is -1.40. The zero-order valence-corrected chi connectivity index (χ0v) is 14.7. The van der Waals surface area contributed by atoms with Crippen molar-refractivity contribution >= 4 is 13.6 Å². The molecule has 3 rings (SSSR count). The number of nitrogens with zero attached hydrogens (tertiary/aromatic N) is 1. The molecule has 2 aliphatic rings. The van der Waals surface area contributed by atoms with Crippen LogP contribution in [-0.4, -0.2) is 41.5 Å². The summed E-state index contributed by atoms with van der Waals surface area (Å²) in [6.45, 7) is 3.41. The number of fused-ring (bicyclic) bond motifs is 1. The number of rotatable bonds is 5. The van der Waals surface area contributed by atoms with Gasteiger partial charge < -0.3 is 9.84 Å². The van der Waals surface area contributed by atoms with Crippen molar-refractivity contribution in [2.24, 2.45) is 0 Å². The van der Waals surface area contributed by atoms with Crippen LogP contribution in [0.15, 0.2) is 24.3 Å². The molecule has 0 amide bonds. The summed E-state index contributed by atoms with van der Waals surface area (Å²) >= 11 is 0. The van der Waals surface area contributed by atoms with E-state index in [4.69, 9.17) is 4.74 Å². The third-order valence-electron chi connectivity index (χ3n) is 4.55. The third-order valence-corrected chi connectivity index (χ3v) is 7.02. The number of phenolic OH excluding ortho intramolecular Hbond substituents is 1. The van der Waals surface area contributed by atoms with Crippen LogP contribution in [0.25, 0.3) is 0 Å². The summed E-state index contributed by atoms with van der Waals surface area (Å²) in [6, 6.07) is 5.69. The zero-order chi connectivity index (χ0) is 17.2. The van der Waals surface area contributed by atoms with E-state index in [9.17, 15) is 14.5 Å². The first kappa shape index (κ1) is 17.4. The number of esters is 1. The highest BCUT2D eigenvalue weighted by Gasteiger charge is 2.45. The maximum atomic E-state index is 13.4. The SMILES string of the molecule is CCOC(=O)C(NP1(=O)NCC2CCCCN21)c1ccc(O)cc1. The second kappa shape index (κ2) is 7.23. The number of carbonyl (C=O) groups is 1. The van der Waals surface area contributed by atoms with E-state index in [0.29, 0.717) is 12.1 Å². The van der Waals surface area contributed by atoms with Crippen LogP contribution < -0.4 is 10.2 Å². The lowest BCUT2D eigenvalue weighted by atomic mass is 10.1. The summed E-state index contributed by atoms with van der Waals surface area (Å²) in [5.41, 5.74) is 0.615. The first-order valence-corrected chi connectivity index (χ1v) is 10.0. The fraction of sp³-hybridized carbons (Fsp3) is 0.562. The summed E-state index contributed by atoms with van der Waals surface area (Å²) in [5, 5.41) is 15.6. The highest BCUT2D eigenvalue weighted by molar-refractivity contribution is 7.57. The summed E-state index contributed by atoms with van der Waals surface area (Å²) in [5.74, 6) is -0.358. The molecule has 1 aromatic rings. The standard InChI is InChI=1S/C16H24N3O4P/c1-2-23-16(21)15(12-6-8-14(20)9-7-12)18-24(22)17-11-13-5-3-4-10-19(13)24/h6-9,13,15,20H,2-5,10-11H2,1H3,(H2,17,18,22). The molecule has 3 N–H and O–H groups in total. The summed E-state index contributed by atoms with van der Waals surface area (Å²) in [4.78, 5) is 12.4. The molecule has 0 aliphatic carbocycles. The van der Waals surface area contributed by atoms with Gasteiger partial charge in [-0.05, 0) is 37.5 Å². The van der Waals surface area contributed by atoms with Crippen LogP contribution in [-0.2, 0) is 14.1 Å². The quantitative estimate of drug-likeness (QED) is 0.552. The first-order valence-electron chi connectivity index (χ1n) is 8.39. The third kappa shape index (κ3) is 3.49. The van der Waals surface area contributed by atoms with Crippen molar-refractivity contribution in [3.05, 3.63) is 29.8 Å². The van der Waals surface area contributed by atoms with Crippen molar-refractivity contribution in [1.82, 2.24) is 14.8 Å². The molecule has 3 atom stereocenters. The Kier molecular flexibility index (Phi) is 5.25. The average Bonchev–Trinajstić information content (AvgIpc) is 2.92. The highest BCUT2D eigenvalue weighted by atomic mass is 31.2. The van der Waals surface area contributed by atoms with E-state index >= 15 is 0 Å². The van der Waals surface area contributed by atoms with Gasteiger partial charge in [0, 0.05) is 19.1 Å². The molecule has 8 heteroatoms. The van der Waals surface area contributed by atoms with Gasteiger partial charge in [0.15, 0.2) is 0 Å². The number of hydrogen-bond donors (Lipinski definition) is 3. The maximum Gasteiger partial charge on any atom is 0.328 e. The number of carbonyl (C=O) groups excluding carboxylic acids is 1. The number of ether oxygens (including phenoxy) is 1. The largest absolute Gasteiger partial charge is 0.508 e. The lowest BCUT2D eigenvalue weighted by molar-refractivity contribution is -0.145. The maximum absolute atomic E-state index is 13.4. The predicted molar refractivity (Wildman–Crippen MR) is 90.6 cm³/mol. The first-order chi connectivity index (χ1) is 11.5. The molecule has 0 saturated carbocycles. The van der Waals surface area contributed by atoms with Crippen LogP contribution in [0.2, 0.25) is 0 Å². The van der Waals surface area contributed by atoms with Gasteiger partial charge in [-0.15, -0.1) is 0 Å². The number of piperidine rings is 1. The molecule has 7 nitrogen and oxygen atoms in total. The predicted octanol–water partition coefficient (Wildman–Crippen LogP) is 2.15. The van der Waals surface area contributed by atoms with E-state index in [1.807, 2.05) is 4.67 Å². The molecule has 2 saturated heterocycles. The molecule has 0 aromatic heterocycles. The molecule has 2 aliphatic heterocycles. The van der Waals surface area contributed by atoms with Crippen LogP contribution in [0.1, 0.15) is 37.8 Å². The van der Waals surface area contributed by atoms with Gasteiger partial charge >= 0.3 is 5.97 Å². The van der Waals surface area contributed by atoms with Crippen molar-refractivity contribution in [3.8, 4) is 5.75 Å². The van der Waals surface area contributed by atoms with E-state index in [1.54, 1.807) is 19.1 Å². The zero-order valence-electron chi connectivity index (χ0n) is 13.8. The van der Waals surface area contributed by atoms with Crippen LogP contribution in [0.3, 0.4) is 0 Å². The van der Waals surface area contributed by atoms with E-state index in [1.165, 1.54) is 12.1 Å². The normalized spacial score (nSPS) is 28.3. The fourth-order valence-electron chi connectivity index (χ4n) is 3.33. The lowest BCUT2D eigenvalue weighted by Crippen LogP contribution is -2.38. The molecule has 0 spiro atoms. The van der Waals surface area contributed by atoms with E-state index in [-0.39, 0.29) is 18.4 Å². The van der Waals surface area contributed by atoms with Crippen molar-refractivity contribution in [2.75, 3.05) is 19.7 Å². The highest BCUT2D eigenvalue weighted by Crippen LogP contribution is 2.51. The van der Waals surface area contributed by atoms with E-state index in [0.717, 1.165) is 25.8 Å². The molecule has 2 heterocycles. The Labute approximate surface area is 141 Å². The van der Waals surface area contributed by atoms with Crippen molar-refractivity contribution < 1.29 is 19.2 Å². The Morgan fingerprint density at radius 1 is 1.46 bits per heavy atom. The van der Waals surface area contributed by atoms with Crippen molar-refractivity contribution in [2.45, 2.75) is 38.3 Å². The number of benzene rings is 1. The number of aromatic hydroxyl groups is 1. The van der Waals surface area contributed by atoms with Gasteiger partial charge in [0.05, 0.1) is 6.61 Å². The molecular weight excluding hydrogens is 329 g/mol. The molecule has 132 valence electrons. The summed E-state index contributed by atoms with van der Waals surface area (Å²) < 4.78 is 20.5. The topological polar surface area (TPSA) is 90.9 Å². The van der Waals surface area contributed by atoms with Crippen molar-refractivity contribution in [1.29, 1.82) is 0 Å². The smallest absolute Gasteiger partial charge is 0.328 e. The van der Waals surface area contributed by atoms with Crippen LogP contribution in [0.5, 0.6) is 5.75 Å². The number of hydrogen-bond acceptors (Lipinski definition) is 4. The lowest BCUT2D eigenvalue weighted by Gasteiger charge is -2.34. The molecule has 0 radical (unpaired) electrons. The van der Waals surface area contributed by atoms with Crippen LogP contribution >= 0.6 is 7.59 Å². The number of phenols is 1. The molecule has 24 heavy (non-hydrogen) atoms. The minimum Gasteiger partial charge on any atom is -0.508 e. The Morgan fingerprint density at radius 3 is 2.92 bits per heavy atom. The molecular formula is C16H24N3O4P. The second-order valence-corrected chi connectivity index (χ2v) is 8.40. The van der Waals surface area contributed by atoms with Gasteiger partial charge in [0.1, 0.15) is 11.8 Å². The van der Waals surface area contributed by atoms with Gasteiger partial charge in [-0.1, -0.05) is 18.6 Å². The van der Waals surface area contributed by atoms with Gasteiger partial charge in [-0.3, -0.25) is 4.57 Å². The molecule has 0 bridgehead atoms. The minimum atomic E-state index is -3.04. The second-order valence-electron chi connectivity index (χ2n) is 6.16. The fourth-order valence-corrected chi connectivity index (χ4v) is 5.90. The number of nitrogens with one attached hydrogen (secondary N) is 2. The van der Waals surface area contributed by atoms with Crippen molar-refractivity contribution in [3.63, 3.8) is 0 Å². The van der Waals surface area contributed by atoms with Gasteiger partial charge in [0.25, 0.3) is 7.59 Å². The molecule has 3 unspecified atom stereocenters. The summed E-state index contributed by atoms with van der Waals surface area (Å²) in [7, 11) is -3.04. The Morgan fingerprint density at radius 2 is 2.21 bits per heavy atom. The van der Waals surface area contributed by atoms with Crippen LogP contribution in [0, 0.1) is 0 Å². The van der Waals surface area contributed by atoms with Gasteiger partial charge in [-0.2, -0.15) is 0 Å². The van der Waals surface area contributed by atoms with E-state index in [2.05, 4.69) is 10.2 Å². The average molecular weight is 353 g/mol. The summed E-state index contributed by atoms with van der Waals surface area (Å²) in [6.07, 6.45) is 3.16. The Balaban J connectivity index is 1.84. The van der Waals surface area contributed by atoms with Gasteiger partial charge in [-0.25, -0.2) is 19.6 Å². The molecule has 1 aromatic carbocycles. The van der Waals surface area contributed by atoms with Crippen LogP contribution in [0.4, 0.5) is 0 Å². The minimum absolute atomic E-state index is 0.114.